The number of ether oxygens (including phenoxy) is 1. The van der Waals surface area contributed by atoms with Crippen molar-refractivity contribution in [2.45, 2.75) is 6.92 Å². The summed E-state index contributed by atoms with van der Waals surface area (Å²) < 4.78 is 11.3. The van der Waals surface area contributed by atoms with Gasteiger partial charge in [-0.3, -0.25) is 14.9 Å². The minimum Gasteiger partial charge on any atom is -0.494 e. The van der Waals surface area contributed by atoms with Gasteiger partial charge in [-0.2, -0.15) is 0 Å². The van der Waals surface area contributed by atoms with Gasteiger partial charge in [0.15, 0.2) is 11.4 Å². The van der Waals surface area contributed by atoms with Crippen LogP contribution in [-0.4, -0.2) is 22.3 Å². The van der Waals surface area contributed by atoms with Crippen LogP contribution in [0.15, 0.2) is 77.2 Å². The van der Waals surface area contributed by atoms with E-state index >= 15 is 0 Å². The van der Waals surface area contributed by atoms with Gasteiger partial charge in [-0.25, -0.2) is 4.98 Å². The molecule has 0 aliphatic carbocycles. The number of nitrogens with zero attached hydrogens (tertiary/aromatic N) is 2. The van der Waals surface area contributed by atoms with Gasteiger partial charge in [-0.15, -0.1) is 0 Å². The van der Waals surface area contributed by atoms with Crippen LogP contribution in [0.4, 0.5) is 5.69 Å². The van der Waals surface area contributed by atoms with E-state index in [1.54, 1.807) is 54.6 Å². The van der Waals surface area contributed by atoms with Crippen LogP contribution in [0, 0.1) is 10.1 Å². The maximum Gasteiger partial charge on any atom is 0.270 e. The van der Waals surface area contributed by atoms with Crippen molar-refractivity contribution in [2.24, 2.45) is 0 Å². The molecule has 0 saturated carbocycles. The second-order valence-electron chi connectivity index (χ2n) is 6.68. The highest BCUT2D eigenvalue weighted by molar-refractivity contribution is 6.31. The summed E-state index contributed by atoms with van der Waals surface area (Å²) in [6.45, 7) is 2.40. The zero-order valence-electron chi connectivity index (χ0n) is 16.6. The fourth-order valence-corrected chi connectivity index (χ4v) is 3.13. The zero-order chi connectivity index (χ0) is 21.8. The Morgan fingerprint density at radius 3 is 2.58 bits per heavy atom. The van der Waals surface area contributed by atoms with Crippen molar-refractivity contribution < 1.29 is 18.9 Å². The number of nitro groups is 1. The first kappa shape index (κ1) is 20.0. The van der Waals surface area contributed by atoms with Gasteiger partial charge in [-0.05, 0) is 55.0 Å². The minimum atomic E-state index is -0.481. The monoisotopic (exact) mass is 414 g/mol. The number of oxazole rings is 1. The van der Waals surface area contributed by atoms with E-state index in [2.05, 4.69) is 4.98 Å². The summed E-state index contributed by atoms with van der Waals surface area (Å²) in [5.74, 6) is 0.484. The van der Waals surface area contributed by atoms with Crippen LogP contribution in [0.3, 0.4) is 0 Å². The number of nitro benzene ring substituents is 1. The highest BCUT2D eigenvalue weighted by Crippen LogP contribution is 2.27. The summed E-state index contributed by atoms with van der Waals surface area (Å²) in [7, 11) is 0. The molecule has 31 heavy (non-hydrogen) atoms. The van der Waals surface area contributed by atoms with Crippen LogP contribution in [0.2, 0.25) is 0 Å². The summed E-state index contributed by atoms with van der Waals surface area (Å²) in [5.41, 5.74) is 2.19. The Bertz CT molecular complexity index is 1260. The molecule has 0 N–H and O–H groups in total. The van der Waals surface area contributed by atoms with Crippen LogP contribution in [0.5, 0.6) is 5.75 Å². The molecule has 154 valence electrons. The lowest BCUT2D eigenvalue weighted by molar-refractivity contribution is -0.384. The third kappa shape index (κ3) is 4.35. The molecule has 0 amide bonds. The molecule has 0 radical (unpaired) electrons. The van der Waals surface area contributed by atoms with Gasteiger partial charge >= 0.3 is 0 Å². The number of non-ortho nitro benzene ring substituents is 1. The molecule has 0 unspecified atom stereocenters. The second kappa shape index (κ2) is 8.62. The molecular formula is C24H18N2O5. The van der Waals surface area contributed by atoms with Crippen LogP contribution in [-0.2, 0) is 0 Å². The fourth-order valence-electron chi connectivity index (χ4n) is 3.13. The zero-order valence-corrected chi connectivity index (χ0v) is 16.6. The van der Waals surface area contributed by atoms with Crippen LogP contribution in [0.25, 0.3) is 22.7 Å². The van der Waals surface area contributed by atoms with E-state index in [1.807, 2.05) is 19.1 Å². The number of Topliss-reactive ketones (excluding diaryl/α,β-unsaturated/α-hetero) is 1. The molecular weight excluding hydrogens is 396 g/mol. The summed E-state index contributed by atoms with van der Waals surface area (Å²) in [5, 5.41) is 11.1. The highest BCUT2D eigenvalue weighted by atomic mass is 16.6. The van der Waals surface area contributed by atoms with E-state index in [4.69, 9.17) is 9.15 Å². The third-order valence-electron chi connectivity index (χ3n) is 4.59. The Balaban J connectivity index is 1.81. The topological polar surface area (TPSA) is 95.5 Å². The van der Waals surface area contributed by atoms with E-state index in [1.165, 1.54) is 12.1 Å². The van der Waals surface area contributed by atoms with Gasteiger partial charge in [0, 0.05) is 17.7 Å². The molecule has 7 heteroatoms. The van der Waals surface area contributed by atoms with Gasteiger partial charge in [0.25, 0.3) is 5.69 Å². The maximum atomic E-state index is 13.4. The number of hydrogen-bond acceptors (Lipinski definition) is 6. The molecule has 0 fully saturated rings. The molecule has 7 nitrogen and oxygen atoms in total. The van der Waals surface area contributed by atoms with Gasteiger partial charge in [-0.1, -0.05) is 24.3 Å². The van der Waals surface area contributed by atoms with Crippen molar-refractivity contribution in [3.05, 3.63) is 99.9 Å². The molecule has 0 aliphatic rings. The van der Waals surface area contributed by atoms with Crippen molar-refractivity contribution in [1.82, 2.24) is 4.98 Å². The lowest BCUT2D eigenvalue weighted by Gasteiger charge is -2.06. The number of allylic oxidation sites excluding steroid dienone is 1. The molecule has 1 aromatic heterocycles. The van der Waals surface area contributed by atoms with E-state index in [9.17, 15) is 14.9 Å². The Morgan fingerprint density at radius 1 is 1.10 bits per heavy atom. The summed E-state index contributed by atoms with van der Waals surface area (Å²) >= 11 is 0. The van der Waals surface area contributed by atoms with Gasteiger partial charge in [0.05, 0.1) is 17.1 Å². The van der Waals surface area contributed by atoms with E-state index in [0.717, 1.165) is 0 Å². The predicted molar refractivity (Wildman–Crippen MR) is 117 cm³/mol. The number of carbonyl (C=O) groups excluding carboxylic acids is 1. The smallest absolute Gasteiger partial charge is 0.270 e. The second-order valence-corrected chi connectivity index (χ2v) is 6.68. The van der Waals surface area contributed by atoms with Crippen molar-refractivity contribution in [3.8, 4) is 5.75 Å². The molecule has 4 aromatic rings. The molecule has 0 atom stereocenters. The normalized spacial score (nSPS) is 11.5. The lowest BCUT2D eigenvalue weighted by atomic mass is 10.0. The first-order valence-corrected chi connectivity index (χ1v) is 9.65. The quantitative estimate of drug-likeness (QED) is 0.170. The molecule has 0 saturated heterocycles. The number of benzene rings is 3. The molecule has 0 aliphatic heterocycles. The van der Waals surface area contributed by atoms with Crippen LogP contribution < -0.4 is 4.74 Å². The van der Waals surface area contributed by atoms with Gasteiger partial charge in [0.1, 0.15) is 11.3 Å². The standard InChI is InChI=1S/C24H18N2O5/c1-2-30-19-12-10-17(11-13-19)23(27)20(15-16-6-5-7-18(14-16)26(28)29)24-25-21-8-3-4-9-22(21)31-24/h3-15H,2H2,1H3. The Labute approximate surface area is 177 Å². The molecule has 3 aromatic carbocycles. The summed E-state index contributed by atoms with van der Waals surface area (Å²) in [6.07, 6.45) is 1.55. The molecule has 4 rings (SSSR count). The van der Waals surface area contributed by atoms with E-state index < -0.39 is 4.92 Å². The van der Waals surface area contributed by atoms with Crippen molar-refractivity contribution >= 4 is 34.2 Å². The van der Waals surface area contributed by atoms with E-state index in [-0.39, 0.29) is 22.9 Å². The molecule has 0 bridgehead atoms. The number of carbonyl (C=O) groups is 1. The number of hydrogen-bond donors (Lipinski definition) is 0. The van der Waals surface area contributed by atoms with Crippen molar-refractivity contribution in [3.63, 3.8) is 0 Å². The first-order chi connectivity index (χ1) is 15.0. The first-order valence-electron chi connectivity index (χ1n) is 9.65. The maximum absolute atomic E-state index is 13.4. The van der Waals surface area contributed by atoms with Crippen molar-refractivity contribution in [2.75, 3.05) is 6.61 Å². The Kier molecular flexibility index (Phi) is 5.57. The highest BCUT2D eigenvalue weighted by Gasteiger charge is 2.21. The Morgan fingerprint density at radius 2 is 1.87 bits per heavy atom. The Hall–Kier alpha value is -4.26. The molecule has 0 spiro atoms. The average molecular weight is 414 g/mol. The third-order valence-corrected chi connectivity index (χ3v) is 4.59. The fraction of sp³-hybridized carbons (Fsp3) is 0.0833. The van der Waals surface area contributed by atoms with Crippen molar-refractivity contribution in [1.29, 1.82) is 0 Å². The average Bonchev–Trinajstić information content (AvgIpc) is 3.22. The summed E-state index contributed by atoms with van der Waals surface area (Å²) in [4.78, 5) is 28.5. The largest absolute Gasteiger partial charge is 0.494 e. The van der Waals surface area contributed by atoms with Gasteiger partial charge < -0.3 is 9.15 Å². The molecule has 1 heterocycles. The number of para-hydroxylation sites is 2. The predicted octanol–water partition coefficient (Wildman–Crippen LogP) is 5.56. The van der Waals surface area contributed by atoms with Gasteiger partial charge in [0.2, 0.25) is 5.89 Å². The minimum absolute atomic E-state index is 0.0702. The number of rotatable bonds is 7. The lowest BCUT2D eigenvalue weighted by Crippen LogP contribution is -2.04. The van der Waals surface area contributed by atoms with Crippen LogP contribution >= 0.6 is 0 Å². The summed E-state index contributed by atoms with van der Waals surface area (Å²) in [6, 6.07) is 20.0. The SMILES string of the molecule is CCOc1ccc(C(=O)C(=Cc2cccc([N+](=O)[O-])c2)c2nc3ccccc3o2)cc1. The van der Waals surface area contributed by atoms with Crippen LogP contribution in [0.1, 0.15) is 28.7 Å². The number of ketones is 1. The van der Waals surface area contributed by atoms with E-state index in [0.29, 0.717) is 34.6 Å². The number of aromatic nitrogens is 1. The number of fused-ring (bicyclic) bond motifs is 1.